The van der Waals surface area contributed by atoms with Crippen LogP contribution in [0.1, 0.15) is 37.3 Å². The summed E-state index contributed by atoms with van der Waals surface area (Å²) in [7, 11) is 0. The monoisotopic (exact) mass is 495 g/mol. The van der Waals surface area contributed by atoms with Crippen molar-refractivity contribution < 1.29 is 23.6 Å². The molecule has 0 aromatic heterocycles. The molecule has 1 aliphatic carbocycles. The van der Waals surface area contributed by atoms with Crippen LogP contribution < -0.4 is 10.2 Å². The van der Waals surface area contributed by atoms with Crippen LogP contribution in [0.15, 0.2) is 78.9 Å². The number of rotatable bonds is 7. The van der Waals surface area contributed by atoms with E-state index in [0.717, 1.165) is 5.56 Å². The van der Waals surface area contributed by atoms with Crippen LogP contribution >= 0.6 is 11.6 Å². The van der Waals surface area contributed by atoms with E-state index in [4.69, 9.17) is 21.2 Å². The number of carbonyl (C=O) groups is 2. The Bertz CT molecular complexity index is 1150. The molecule has 3 atom stereocenters. The van der Waals surface area contributed by atoms with Crippen molar-refractivity contribution >= 4 is 23.5 Å². The molecule has 1 amide bonds. The minimum absolute atomic E-state index is 0.120. The summed E-state index contributed by atoms with van der Waals surface area (Å²) in [5, 5.41) is 0.163. The molecule has 0 heterocycles. The number of amides is 1. The number of hydroxylamine groups is 1. The highest BCUT2D eigenvalue weighted by atomic mass is 35.5. The molecule has 3 unspecified atom stereocenters. The summed E-state index contributed by atoms with van der Waals surface area (Å²) in [6.45, 7) is 2.08. The van der Waals surface area contributed by atoms with Gasteiger partial charge in [-0.3, -0.25) is 14.4 Å². The summed E-state index contributed by atoms with van der Waals surface area (Å²) in [5.41, 5.74) is 2.24. The maximum atomic E-state index is 15.1. The van der Waals surface area contributed by atoms with Crippen molar-refractivity contribution in [1.82, 2.24) is 5.48 Å². The van der Waals surface area contributed by atoms with Gasteiger partial charge < -0.3 is 4.74 Å². The van der Waals surface area contributed by atoms with Gasteiger partial charge >= 0.3 is 5.97 Å². The summed E-state index contributed by atoms with van der Waals surface area (Å²) >= 11 is 6.44. The molecule has 4 rings (SSSR count). The first kappa shape index (κ1) is 24.9. The van der Waals surface area contributed by atoms with Crippen molar-refractivity contribution in [1.29, 1.82) is 0 Å². The third-order valence-corrected chi connectivity index (χ3v) is 7.03. The van der Waals surface area contributed by atoms with Crippen molar-refractivity contribution in [3.8, 4) is 5.75 Å². The highest BCUT2D eigenvalue weighted by Gasteiger charge is 2.53. The Morgan fingerprint density at radius 2 is 1.71 bits per heavy atom. The molecule has 3 aromatic carbocycles. The lowest BCUT2D eigenvalue weighted by atomic mass is 9.60. The van der Waals surface area contributed by atoms with Gasteiger partial charge in [0.2, 0.25) is 5.91 Å². The lowest BCUT2D eigenvalue weighted by Gasteiger charge is -2.43. The van der Waals surface area contributed by atoms with E-state index in [1.54, 1.807) is 30.3 Å². The maximum absolute atomic E-state index is 15.1. The lowest BCUT2D eigenvalue weighted by molar-refractivity contribution is -0.149. The topological polar surface area (TPSA) is 64.6 Å². The van der Waals surface area contributed by atoms with Gasteiger partial charge in [0.05, 0.1) is 6.61 Å². The van der Waals surface area contributed by atoms with E-state index in [2.05, 4.69) is 5.48 Å². The number of hydrogen-bond donors (Lipinski definition) is 1. The second kappa shape index (κ2) is 11.0. The molecule has 0 radical (unpaired) electrons. The molecular formula is C28H27ClFNO4. The molecule has 1 aliphatic rings. The average Bonchev–Trinajstić information content (AvgIpc) is 2.86. The van der Waals surface area contributed by atoms with Crippen molar-refractivity contribution in [3.05, 3.63) is 101 Å². The van der Waals surface area contributed by atoms with Crippen molar-refractivity contribution in [2.24, 2.45) is 11.8 Å². The molecule has 0 bridgehead atoms. The molecule has 0 aliphatic heterocycles. The van der Waals surface area contributed by atoms with E-state index in [9.17, 15) is 9.59 Å². The molecule has 1 fully saturated rings. The van der Waals surface area contributed by atoms with E-state index < -0.39 is 29.0 Å². The molecule has 7 heteroatoms. The van der Waals surface area contributed by atoms with Crippen LogP contribution in [0, 0.1) is 17.7 Å². The fraction of sp³-hybridized carbons (Fsp3) is 0.286. The van der Waals surface area contributed by atoms with Gasteiger partial charge in [-0.1, -0.05) is 73.1 Å². The van der Waals surface area contributed by atoms with Crippen LogP contribution in [0.25, 0.3) is 0 Å². The standard InChI is InChI=1S/C28H27ClFNO4/c1-19-17-21(26(32)31-34-18-20-9-4-2-5-10-20)15-16-28(19,25-23(29)13-8-14-24(25)30)27(33)35-22-11-6-3-7-12-22/h2-14,19,21H,15-18H2,1H3,(H,31,32). The van der Waals surface area contributed by atoms with Gasteiger partial charge in [-0.15, -0.1) is 0 Å². The third kappa shape index (κ3) is 5.39. The van der Waals surface area contributed by atoms with Crippen molar-refractivity contribution in [3.63, 3.8) is 0 Å². The number of halogens is 2. The maximum Gasteiger partial charge on any atom is 0.322 e. The number of para-hydroxylation sites is 1. The highest BCUT2D eigenvalue weighted by Crippen LogP contribution is 2.49. The summed E-state index contributed by atoms with van der Waals surface area (Å²) in [5.74, 6) is -1.87. The Balaban J connectivity index is 1.53. The minimum Gasteiger partial charge on any atom is -0.426 e. The summed E-state index contributed by atoms with van der Waals surface area (Å²) in [4.78, 5) is 31.9. The predicted octanol–water partition coefficient (Wildman–Crippen LogP) is 6.01. The zero-order valence-electron chi connectivity index (χ0n) is 19.4. The first-order chi connectivity index (χ1) is 16.9. The zero-order valence-corrected chi connectivity index (χ0v) is 20.1. The van der Waals surface area contributed by atoms with Gasteiger partial charge in [-0.2, -0.15) is 0 Å². The van der Waals surface area contributed by atoms with Crippen LogP contribution in [0.2, 0.25) is 5.02 Å². The highest BCUT2D eigenvalue weighted by molar-refractivity contribution is 6.31. The molecule has 1 saturated carbocycles. The molecular weight excluding hydrogens is 469 g/mol. The molecule has 3 aromatic rings. The summed E-state index contributed by atoms with van der Waals surface area (Å²) < 4.78 is 20.9. The van der Waals surface area contributed by atoms with Crippen LogP contribution in [-0.2, 0) is 26.4 Å². The number of esters is 1. The Morgan fingerprint density at radius 1 is 1.03 bits per heavy atom. The number of carbonyl (C=O) groups excluding carboxylic acids is 2. The van der Waals surface area contributed by atoms with Crippen molar-refractivity contribution in [2.75, 3.05) is 0 Å². The second-order valence-electron chi connectivity index (χ2n) is 8.88. The van der Waals surface area contributed by atoms with E-state index in [-0.39, 0.29) is 29.5 Å². The van der Waals surface area contributed by atoms with Gasteiger partial charge in [0.1, 0.15) is 17.0 Å². The fourth-order valence-corrected chi connectivity index (χ4v) is 5.20. The quantitative estimate of drug-likeness (QED) is 0.248. The number of hydrogen-bond acceptors (Lipinski definition) is 4. The van der Waals surface area contributed by atoms with E-state index in [1.165, 1.54) is 12.1 Å². The average molecular weight is 496 g/mol. The van der Waals surface area contributed by atoms with Crippen molar-refractivity contribution in [2.45, 2.75) is 38.2 Å². The van der Waals surface area contributed by atoms with E-state index in [1.807, 2.05) is 43.3 Å². The molecule has 182 valence electrons. The normalized spacial score (nSPS) is 21.8. The van der Waals surface area contributed by atoms with Gasteiger partial charge in [0.25, 0.3) is 0 Å². The largest absolute Gasteiger partial charge is 0.426 e. The SMILES string of the molecule is CC1CC(C(=O)NOCc2ccccc2)CCC1(C(=O)Oc1ccccc1)c1c(F)cccc1Cl. The van der Waals surface area contributed by atoms with E-state index >= 15 is 4.39 Å². The van der Waals surface area contributed by atoms with Gasteiger partial charge in [0, 0.05) is 16.5 Å². The van der Waals surface area contributed by atoms with Crippen LogP contribution in [0.4, 0.5) is 4.39 Å². The molecule has 5 nitrogen and oxygen atoms in total. The van der Waals surface area contributed by atoms with Crippen LogP contribution in [0.5, 0.6) is 5.75 Å². The smallest absolute Gasteiger partial charge is 0.322 e. The fourth-order valence-electron chi connectivity index (χ4n) is 4.87. The zero-order chi connectivity index (χ0) is 24.8. The first-order valence-electron chi connectivity index (χ1n) is 11.6. The number of ether oxygens (including phenoxy) is 1. The van der Waals surface area contributed by atoms with Gasteiger partial charge in [-0.25, -0.2) is 9.87 Å². The van der Waals surface area contributed by atoms with Crippen LogP contribution in [0.3, 0.4) is 0 Å². The Hall–Kier alpha value is -3.22. The van der Waals surface area contributed by atoms with Gasteiger partial charge in [-0.05, 0) is 55.0 Å². The first-order valence-corrected chi connectivity index (χ1v) is 12.0. The van der Waals surface area contributed by atoms with E-state index in [0.29, 0.717) is 18.6 Å². The molecule has 0 saturated heterocycles. The Morgan fingerprint density at radius 3 is 2.37 bits per heavy atom. The summed E-state index contributed by atoms with van der Waals surface area (Å²) in [6.07, 6.45) is 0.895. The minimum atomic E-state index is -1.33. The van der Waals surface area contributed by atoms with Gasteiger partial charge in [0.15, 0.2) is 0 Å². The van der Waals surface area contributed by atoms with Crippen LogP contribution in [-0.4, -0.2) is 11.9 Å². The number of benzene rings is 3. The second-order valence-corrected chi connectivity index (χ2v) is 9.29. The molecule has 1 N–H and O–H groups in total. The lowest BCUT2D eigenvalue weighted by Crippen LogP contribution is -2.50. The Kier molecular flexibility index (Phi) is 7.83. The molecule has 35 heavy (non-hydrogen) atoms. The third-order valence-electron chi connectivity index (χ3n) is 6.72. The molecule has 0 spiro atoms. The summed E-state index contributed by atoms with van der Waals surface area (Å²) in [6, 6.07) is 22.5. The predicted molar refractivity (Wildman–Crippen MR) is 131 cm³/mol. The number of nitrogens with one attached hydrogen (secondary N) is 1. The Labute approximate surface area is 209 Å².